The molecule has 0 radical (unpaired) electrons. The number of hydrogen-bond acceptors (Lipinski definition) is 5. The number of nitrogens with zero attached hydrogens (tertiary/aromatic N) is 1. The fourth-order valence-electron chi connectivity index (χ4n) is 2.51. The minimum Gasteiger partial charge on any atom is -0.374 e. The highest BCUT2D eigenvalue weighted by Crippen LogP contribution is 2.19. The molecule has 7 nitrogen and oxygen atoms in total. The van der Waals surface area contributed by atoms with E-state index in [1.165, 1.54) is 0 Å². The Balaban J connectivity index is 4.43. The average Bonchev–Trinajstić information content (AvgIpc) is 2.37. The number of hydrogen-bond donors (Lipinski definition) is 1. The van der Waals surface area contributed by atoms with Crippen LogP contribution in [0.2, 0.25) is 6.04 Å². The second kappa shape index (κ2) is 10.8. The maximum Gasteiger partial charge on any atom is 0.501 e. The molecule has 0 spiro atoms. The lowest BCUT2D eigenvalue weighted by Gasteiger charge is -2.32. The Morgan fingerprint density at radius 2 is 1.35 bits per heavy atom. The van der Waals surface area contributed by atoms with Crippen molar-refractivity contribution in [2.75, 3.05) is 52.8 Å². The molecule has 0 aliphatic heterocycles. The first-order chi connectivity index (χ1) is 10.6. The zero-order valence-electron chi connectivity index (χ0n) is 15.2. The highest BCUT2D eigenvalue weighted by atomic mass is 32.2. The van der Waals surface area contributed by atoms with Gasteiger partial charge in [0.2, 0.25) is 0 Å². The second-order valence-electron chi connectivity index (χ2n) is 6.11. The van der Waals surface area contributed by atoms with E-state index in [2.05, 4.69) is 14.1 Å². The van der Waals surface area contributed by atoms with E-state index in [0.717, 1.165) is 19.0 Å². The molecule has 0 saturated carbocycles. The van der Waals surface area contributed by atoms with Crippen molar-refractivity contribution in [3.05, 3.63) is 0 Å². The Morgan fingerprint density at radius 1 is 0.913 bits per heavy atom. The van der Waals surface area contributed by atoms with Crippen molar-refractivity contribution in [3.63, 3.8) is 0 Å². The van der Waals surface area contributed by atoms with Crippen molar-refractivity contribution in [2.45, 2.75) is 39.7 Å². The first kappa shape index (κ1) is 23.0. The summed E-state index contributed by atoms with van der Waals surface area (Å²) < 4.78 is 48.5. The van der Waals surface area contributed by atoms with Crippen LogP contribution in [0.3, 0.4) is 0 Å². The molecule has 23 heavy (non-hydrogen) atoms. The molecule has 9 heteroatoms. The van der Waals surface area contributed by atoms with Crippen LogP contribution in [-0.4, -0.2) is 79.0 Å². The molecule has 0 bridgehead atoms. The lowest BCUT2D eigenvalue weighted by Crippen LogP contribution is -2.48. The minimum atomic E-state index is -3.88. The third kappa shape index (κ3) is 11.2. The summed E-state index contributed by atoms with van der Waals surface area (Å²) in [4.78, 5) is 0. The van der Waals surface area contributed by atoms with Crippen molar-refractivity contribution >= 4 is 18.9 Å². The maximum absolute atomic E-state index is 10.8. The van der Waals surface area contributed by atoms with Crippen LogP contribution in [0.4, 0.5) is 0 Å². The molecule has 0 aromatic heterocycles. The number of quaternary nitrogens is 1. The second-order valence-corrected chi connectivity index (χ2v) is 10.4. The van der Waals surface area contributed by atoms with Gasteiger partial charge in [-0.1, -0.05) is 0 Å². The topological polar surface area (TPSA) is 82.1 Å². The van der Waals surface area contributed by atoms with Crippen LogP contribution in [0.5, 0.6) is 0 Å². The van der Waals surface area contributed by atoms with Crippen LogP contribution in [0.15, 0.2) is 0 Å². The van der Waals surface area contributed by atoms with Gasteiger partial charge in [0, 0.05) is 38.7 Å². The molecule has 0 amide bonds. The monoisotopic (exact) mass is 372 g/mol. The summed E-state index contributed by atoms with van der Waals surface area (Å²) in [6.45, 7) is 9.08. The molecule has 0 rings (SSSR count). The van der Waals surface area contributed by atoms with Gasteiger partial charge in [-0.15, -0.1) is 0 Å². The van der Waals surface area contributed by atoms with Crippen LogP contribution in [0.25, 0.3) is 0 Å². The molecule has 140 valence electrons. The van der Waals surface area contributed by atoms with Crippen LogP contribution in [-0.2, 0) is 23.4 Å². The molecule has 0 heterocycles. The predicted molar refractivity (Wildman–Crippen MR) is 92.9 cm³/mol. The van der Waals surface area contributed by atoms with Crippen LogP contribution >= 0.6 is 0 Å². The van der Waals surface area contributed by atoms with Crippen molar-refractivity contribution in [1.29, 1.82) is 0 Å². The van der Waals surface area contributed by atoms with Gasteiger partial charge in [-0.05, 0) is 20.8 Å². The van der Waals surface area contributed by atoms with E-state index < -0.39 is 18.9 Å². The minimum absolute atomic E-state index is 0.190. The molecule has 0 aliphatic carbocycles. The fourth-order valence-corrected chi connectivity index (χ4v) is 5.60. The van der Waals surface area contributed by atoms with Gasteiger partial charge in [-0.3, -0.25) is 4.55 Å². The smallest absolute Gasteiger partial charge is 0.374 e. The van der Waals surface area contributed by atoms with Gasteiger partial charge >= 0.3 is 8.80 Å². The molecule has 0 aromatic carbocycles. The SMILES string of the molecule is CCO[Si](CCC[N+](C)(C)CCCS(=O)(=O)O)(OCC)OCC. The van der Waals surface area contributed by atoms with Crippen LogP contribution in [0, 0.1) is 0 Å². The van der Waals surface area contributed by atoms with Crippen LogP contribution < -0.4 is 0 Å². The number of rotatable bonds is 14. The highest BCUT2D eigenvalue weighted by molar-refractivity contribution is 7.85. The van der Waals surface area contributed by atoms with E-state index in [9.17, 15) is 8.42 Å². The van der Waals surface area contributed by atoms with Gasteiger partial charge in [0.25, 0.3) is 10.1 Å². The van der Waals surface area contributed by atoms with Crippen molar-refractivity contribution in [2.24, 2.45) is 0 Å². The summed E-state index contributed by atoms with van der Waals surface area (Å²) in [5, 5.41) is 0. The molecule has 1 N–H and O–H groups in total. The van der Waals surface area contributed by atoms with E-state index in [1.807, 2.05) is 20.8 Å². The van der Waals surface area contributed by atoms with Gasteiger partial charge in [-0.2, -0.15) is 8.42 Å². The predicted octanol–water partition coefficient (Wildman–Crippen LogP) is 1.78. The lowest BCUT2D eigenvalue weighted by atomic mass is 10.3. The summed E-state index contributed by atoms with van der Waals surface area (Å²) in [6, 6.07) is 0.752. The molecule has 0 aliphatic rings. The Kier molecular flexibility index (Phi) is 10.7. The fraction of sp³-hybridized carbons (Fsp3) is 1.00. The summed E-state index contributed by atoms with van der Waals surface area (Å²) >= 11 is 0. The molecule has 0 aromatic rings. The molecule has 0 unspecified atom stereocenters. The van der Waals surface area contributed by atoms with Crippen LogP contribution in [0.1, 0.15) is 33.6 Å². The Morgan fingerprint density at radius 3 is 1.74 bits per heavy atom. The third-order valence-electron chi connectivity index (χ3n) is 3.50. The van der Waals surface area contributed by atoms with Gasteiger partial charge < -0.3 is 17.8 Å². The van der Waals surface area contributed by atoms with E-state index in [-0.39, 0.29) is 5.75 Å². The third-order valence-corrected chi connectivity index (χ3v) is 7.46. The zero-order valence-corrected chi connectivity index (χ0v) is 17.0. The van der Waals surface area contributed by atoms with E-state index in [0.29, 0.717) is 37.3 Å². The van der Waals surface area contributed by atoms with Crippen molar-refractivity contribution in [3.8, 4) is 0 Å². The molecular weight excluding hydrogens is 338 g/mol. The highest BCUT2D eigenvalue weighted by Gasteiger charge is 2.40. The summed E-state index contributed by atoms with van der Waals surface area (Å²) in [5.74, 6) is -0.190. The summed E-state index contributed by atoms with van der Waals surface area (Å²) in [6.07, 6.45) is 1.32. The normalized spacial score (nSPS) is 13.5. The molecule has 0 atom stereocenters. The average molecular weight is 373 g/mol. The van der Waals surface area contributed by atoms with Crippen molar-refractivity contribution in [1.82, 2.24) is 0 Å². The maximum atomic E-state index is 10.8. The summed E-state index contributed by atoms with van der Waals surface area (Å²) in [7, 11) is -2.38. The van der Waals surface area contributed by atoms with E-state index in [4.69, 9.17) is 17.8 Å². The quantitative estimate of drug-likeness (QED) is 0.284. The van der Waals surface area contributed by atoms with E-state index in [1.54, 1.807) is 0 Å². The first-order valence-corrected chi connectivity index (χ1v) is 11.8. The zero-order chi connectivity index (χ0) is 18.0. The van der Waals surface area contributed by atoms with Gasteiger partial charge in [0.1, 0.15) is 0 Å². The Hall–Kier alpha value is -0.0331. The Bertz CT molecular complexity index is 398. The van der Waals surface area contributed by atoms with Crippen molar-refractivity contribution < 1.29 is 30.7 Å². The molecular formula is C14H34NO6SSi+. The summed E-state index contributed by atoms with van der Waals surface area (Å²) in [5.41, 5.74) is 0. The first-order valence-electron chi connectivity index (χ1n) is 8.28. The van der Waals surface area contributed by atoms with Gasteiger partial charge in [-0.25, -0.2) is 0 Å². The lowest BCUT2D eigenvalue weighted by molar-refractivity contribution is -0.890. The largest absolute Gasteiger partial charge is 0.501 e. The standard InChI is InChI=1S/C14H33NO6SSi/c1-6-19-23(20-7-2,21-8-3)14-10-12-15(4,5)11-9-13-22(16,17)18/h6-14H2,1-5H3/p+1. The molecule has 0 fully saturated rings. The Labute approximate surface area is 142 Å². The van der Waals surface area contributed by atoms with Gasteiger partial charge in [0.15, 0.2) is 0 Å². The van der Waals surface area contributed by atoms with Gasteiger partial charge in [0.05, 0.1) is 32.9 Å². The molecule has 0 saturated heterocycles. The van der Waals surface area contributed by atoms with E-state index >= 15 is 0 Å².